The number of hydrogen-bond acceptors (Lipinski definition) is 3. The van der Waals surface area contributed by atoms with E-state index in [1.807, 2.05) is 0 Å². The molecule has 0 aromatic carbocycles. The quantitative estimate of drug-likeness (QED) is 0.288. The minimum Gasteiger partial charge on any atom is -0.357 e. The zero-order valence-electron chi connectivity index (χ0n) is 3.56. The van der Waals surface area contributed by atoms with Crippen molar-refractivity contribution in [3.05, 3.63) is 12.5 Å². The van der Waals surface area contributed by atoms with E-state index in [2.05, 4.69) is 16.8 Å². The molecular formula is C3H7NO2. The van der Waals surface area contributed by atoms with Crippen LogP contribution in [0, 0.1) is 0 Å². The Morgan fingerprint density at radius 2 is 2.50 bits per heavy atom. The SMILES string of the molecule is C=C(NC)OO. The molecule has 0 saturated heterocycles. The lowest BCUT2D eigenvalue weighted by molar-refractivity contribution is -0.207. The number of nitrogens with one attached hydrogen (secondary N) is 1. The van der Waals surface area contributed by atoms with E-state index in [0.717, 1.165) is 0 Å². The molecule has 0 fully saturated rings. The minimum atomic E-state index is 0.148. The molecule has 0 radical (unpaired) electrons. The van der Waals surface area contributed by atoms with E-state index < -0.39 is 0 Å². The van der Waals surface area contributed by atoms with Crippen molar-refractivity contribution in [3.63, 3.8) is 0 Å². The summed E-state index contributed by atoms with van der Waals surface area (Å²) < 4.78 is 0. The van der Waals surface area contributed by atoms with Gasteiger partial charge in [0.05, 0.1) is 0 Å². The molecule has 0 rings (SSSR count). The molecule has 0 aromatic heterocycles. The van der Waals surface area contributed by atoms with Crippen LogP contribution in [-0.2, 0) is 4.89 Å². The van der Waals surface area contributed by atoms with E-state index in [1.165, 1.54) is 0 Å². The molecule has 0 aromatic rings. The standard InChI is InChI=1S/C3H7NO2/c1-3(4-2)6-5/h4-5H,1H2,2H3. The van der Waals surface area contributed by atoms with Crippen LogP contribution in [0.3, 0.4) is 0 Å². The summed E-state index contributed by atoms with van der Waals surface area (Å²) in [6.45, 7) is 3.21. The Morgan fingerprint density at radius 3 is 2.50 bits per heavy atom. The summed E-state index contributed by atoms with van der Waals surface area (Å²) in [6.07, 6.45) is 0. The van der Waals surface area contributed by atoms with Crippen molar-refractivity contribution in [2.75, 3.05) is 7.05 Å². The van der Waals surface area contributed by atoms with Gasteiger partial charge in [-0.2, -0.15) is 0 Å². The fourth-order valence-corrected chi connectivity index (χ4v) is 0.0456. The van der Waals surface area contributed by atoms with Gasteiger partial charge in [-0.05, 0) is 6.58 Å². The second-order valence-corrected chi connectivity index (χ2v) is 0.764. The molecule has 36 valence electrons. The van der Waals surface area contributed by atoms with Gasteiger partial charge in [0.15, 0.2) is 0 Å². The van der Waals surface area contributed by atoms with E-state index in [9.17, 15) is 0 Å². The third-order valence-corrected chi connectivity index (χ3v) is 0.389. The largest absolute Gasteiger partial charge is 0.357 e. The maximum atomic E-state index is 7.67. The maximum Gasteiger partial charge on any atom is 0.222 e. The first-order valence-electron chi connectivity index (χ1n) is 1.49. The third kappa shape index (κ3) is 1.60. The van der Waals surface area contributed by atoms with Gasteiger partial charge in [0.25, 0.3) is 0 Å². The van der Waals surface area contributed by atoms with E-state index in [1.54, 1.807) is 7.05 Å². The summed E-state index contributed by atoms with van der Waals surface area (Å²) in [7, 11) is 1.60. The first kappa shape index (κ1) is 5.30. The highest BCUT2D eigenvalue weighted by Gasteiger charge is 1.77. The molecule has 3 nitrogen and oxygen atoms in total. The number of hydrogen-bond donors (Lipinski definition) is 2. The molecule has 0 saturated carbocycles. The van der Waals surface area contributed by atoms with Crippen molar-refractivity contribution < 1.29 is 10.1 Å². The molecule has 0 atom stereocenters. The molecule has 0 aliphatic heterocycles. The van der Waals surface area contributed by atoms with Gasteiger partial charge in [-0.1, -0.05) is 0 Å². The van der Waals surface area contributed by atoms with Crippen LogP contribution in [0.2, 0.25) is 0 Å². The Morgan fingerprint density at radius 1 is 2.00 bits per heavy atom. The van der Waals surface area contributed by atoms with E-state index >= 15 is 0 Å². The van der Waals surface area contributed by atoms with Gasteiger partial charge in [-0.3, -0.25) is 0 Å². The zero-order valence-corrected chi connectivity index (χ0v) is 3.56. The van der Waals surface area contributed by atoms with Gasteiger partial charge in [-0.15, -0.1) is 0 Å². The van der Waals surface area contributed by atoms with Gasteiger partial charge in [0, 0.05) is 7.05 Å². The highest BCUT2D eigenvalue weighted by molar-refractivity contribution is 4.72. The Bertz CT molecular complexity index is 46.8. The number of rotatable bonds is 2. The molecule has 0 bridgehead atoms. The van der Waals surface area contributed by atoms with Crippen LogP contribution < -0.4 is 5.32 Å². The Labute approximate surface area is 36.2 Å². The maximum absolute atomic E-state index is 7.67. The van der Waals surface area contributed by atoms with Crippen molar-refractivity contribution in [3.8, 4) is 0 Å². The molecule has 0 amide bonds. The van der Waals surface area contributed by atoms with Gasteiger partial charge in [-0.25, -0.2) is 5.26 Å². The van der Waals surface area contributed by atoms with Crippen LogP contribution in [-0.4, -0.2) is 12.3 Å². The lowest BCUT2D eigenvalue weighted by Crippen LogP contribution is -2.04. The van der Waals surface area contributed by atoms with Crippen LogP contribution in [0.15, 0.2) is 12.5 Å². The topological polar surface area (TPSA) is 41.5 Å². The molecule has 2 N–H and O–H groups in total. The van der Waals surface area contributed by atoms with Gasteiger partial charge >= 0.3 is 0 Å². The lowest BCUT2D eigenvalue weighted by Gasteiger charge is -1.94. The smallest absolute Gasteiger partial charge is 0.222 e. The van der Waals surface area contributed by atoms with Gasteiger partial charge in [0.1, 0.15) is 0 Å². The first-order valence-corrected chi connectivity index (χ1v) is 1.49. The van der Waals surface area contributed by atoms with Crippen molar-refractivity contribution in [1.82, 2.24) is 5.32 Å². The molecule has 0 aliphatic carbocycles. The van der Waals surface area contributed by atoms with Crippen molar-refractivity contribution in [2.45, 2.75) is 0 Å². The predicted molar refractivity (Wildman–Crippen MR) is 21.9 cm³/mol. The fourth-order valence-electron chi connectivity index (χ4n) is 0.0456. The van der Waals surface area contributed by atoms with Gasteiger partial charge in [0.2, 0.25) is 5.88 Å². The zero-order chi connectivity index (χ0) is 4.99. The van der Waals surface area contributed by atoms with Gasteiger partial charge < -0.3 is 10.2 Å². The van der Waals surface area contributed by atoms with Crippen molar-refractivity contribution >= 4 is 0 Å². The van der Waals surface area contributed by atoms with Crippen LogP contribution >= 0.6 is 0 Å². The average molecular weight is 89.1 g/mol. The second kappa shape index (κ2) is 2.53. The summed E-state index contributed by atoms with van der Waals surface area (Å²) in [4.78, 5) is 3.59. The highest BCUT2D eigenvalue weighted by Crippen LogP contribution is 1.75. The molecular weight excluding hydrogens is 82.0 g/mol. The Hall–Kier alpha value is -0.700. The predicted octanol–water partition coefficient (Wildman–Crippen LogP) is 0.167. The second-order valence-electron chi connectivity index (χ2n) is 0.764. The summed E-state index contributed by atoms with van der Waals surface area (Å²) in [5.41, 5.74) is 0. The summed E-state index contributed by atoms with van der Waals surface area (Å²) >= 11 is 0. The molecule has 3 heteroatoms. The van der Waals surface area contributed by atoms with Crippen LogP contribution in [0.4, 0.5) is 0 Å². The summed E-state index contributed by atoms with van der Waals surface area (Å²) in [5.74, 6) is 0.148. The fraction of sp³-hybridized carbons (Fsp3) is 0.333. The van der Waals surface area contributed by atoms with Crippen molar-refractivity contribution in [1.29, 1.82) is 0 Å². The highest BCUT2D eigenvalue weighted by atomic mass is 17.1. The molecule has 0 unspecified atom stereocenters. The minimum absolute atomic E-state index is 0.148. The van der Waals surface area contributed by atoms with Crippen molar-refractivity contribution in [2.24, 2.45) is 0 Å². The summed E-state index contributed by atoms with van der Waals surface area (Å²) in [5, 5.41) is 10.1. The normalized spacial score (nSPS) is 7.00. The van der Waals surface area contributed by atoms with Crippen LogP contribution in [0.1, 0.15) is 0 Å². The molecule has 0 aliphatic rings. The lowest BCUT2D eigenvalue weighted by atomic mass is 10.9. The van der Waals surface area contributed by atoms with Crippen LogP contribution in [0.5, 0.6) is 0 Å². The van der Waals surface area contributed by atoms with Crippen LogP contribution in [0.25, 0.3) is 0 Å². The monoisotopic (exact) mass is 89.0 g/mol. The Balaban J connectivity index is 2.99. The average Bonchev–Trinajstić information content (AvgIpc) is 1.65. The third-order valence-electron chi connectivity index (χ3n) is 0.389. The molecule has 6 heavy (non-hydrogen) atoms. The Kier molecular flexibility index (Phi) is 2.24. The van der Waals surface area contributed by atoms with E-state index in [0.29, 0.717) is 0 Å². The van der Waals surface area contributed by atoms with E-state index in [4.69, 9.17) is 5.26 Å². The molecule has 0 heterocycles. The first-order chi connectivity index (χ1) is 2.81. The summed E-state index contributed by atoms with van der Waals surface area (Å²) in [6, 6.07) is 0. The molecule has 0 spiro atoms. The van der Waals surface area contributed by atoms with E-state index in [-0.39, 0.29) is 5.88 Å².